The zero-order valence-corrected chi connectivity index (χ0v) is 6.01. The third kappa shape index (κ3) is 4.89. The van der Waals surface area contributed by atoms with Gasteiger partial charge in [0.25, 0.3) is 0 Å². The molecule has 0 aromatic carbocycles. The maximum absolute atomic E-state index is 8.25. The van der Waals surface area contributed by atoms with Crippen molar-refractivity contribution in [2.24, 2.45) is 0 Å². The Morgan fingerprint density at radius 3 is 2.56 bits per heavy atom. The number of allylic oxidation sites excluding steroid dienone is 1. The van der Waals surface area contributed by atoms with Crippen LogP contribution in [-0.4, -0.2) is 6.10 Å². The summed E-state index contributed by atoms with van der Waals surface area (Å²) in [6, 6.07) is 1.96. The van der Waals surface area contributed by atoms with Crippen molar-refractivity contribution in [3.8, 4) is 6.07 Å². The van der Waals surface area contributed by atoms with Crippen LogP contribution in [0.3, 0.4) is 0 Å². The average molecular weight is 125 g/mol. The summed E-state index contributed by atoms with van der Waals surface area (Å²) in [5.41, 5.74) is 0.601. The number of ether oxygens (including phenoxy) is 1. The van der Waals surface area contributed by atoms with Crippen LogP contribution >= 0.6 is 0 Å². The van der Waals surface area contributed by atoms with Gasteiger partial charge >= 0.3 is 0 Å². The molecular formula is C7H11NO. The van der Waals surface area contributed by atoms with Crippen molar-refractivity contribution in [3.05, 3.63) is 11.8 Å². The van der Waals surface area contributed by atoms with Gasteiger partial charge < -0.3 is 4.74 Å². The minimum absolute atomic E-state index is 0.160. The Morgan fingerprint density at radius 2 is 2.22 bits per heavy atom. The van der Waals surface area contributed by atoms with E-state index < -0.39 is 0 Å². The van der Waals surface area contributed by atoms with Crippen LogP contribution in [0, 0.1) is 11.3 Å². The molecule has 0 heterocycles. The van der Waals surface area contributed by atoms with E-state index in [0.29, 0.717) is 5.57 Å². The van der Waals surface area contributed by atoms with E-state index in [9.17, 15) is 0 Å². The summed E-state index contributed by atoms with van der Waals surface area (Å²) in [7, 11) is 0. The monoisotopic (exact) mass is 125 g/mol. The molecule has 9 heavy (non-hydrogen) atoms. The lowest BCUT2D eigenvalue weighted by Crippen LogP contribution is -1.95. The summed E-state index contributed by atoms with van der Waals surface area (Å²) in [5.74, 6) is 0. The molecule has 2 heteroatoms. The van der Waals surface area contributed by atoms with Crippen LogP contribution in [0.1, 0.15) is 20.8 Å². The first-order valence-electron chi connectivity index (χ1n) is 2.89. The summed E-state index contributed by atoms with van der Waals surface area (Å²) in [5, 5.41) is 8.25. The second-order valence-electron chi connectivity index (χ2n) is 2.10. The van der Waals surface area contributed by atoms with Crippen LogP contribution in [0.15, 0.2) is 11.8 Å². The van der Waals surface area contributed by atoms with Crippen molar-refractivity contribution in [1.82, 2.24) is 0 Å². The van der Waals surface area contributed by atoms with E-state index >= 15 is 0 Å². The van der Waals surface area contributed by atoms with Gasteiger partial charge in [0, 0.05) is 0 Å². The molecule has 0 aromatic heterocycles. The molecule has 2 nitrogen and oxygen atoms in total. The Labute approximate surface area is 55.7 Å². The van der Waals surface area contributed by atoms with E-state index in [1.54, 1.807) is 6.92 Å². The predicted octanol–water partition coefficient (Wildman–Crippen LogP) is 1.84. The van der Waals surface area contributed by atoms with Crippen molar-refractivity contribution in [3.63, 3.8) is 0 Å². The standard InChI is InChI=1S/C7H11NO/c1-6(2)9-5-7(3)4-8/h5-6H,1-3H3. The first-order chi connectivity index (χ1) is 4.16. The summed E-state index contributed by atoms with van der Waals surface area (Å²) in [6.45, 7) is 5.55. The zero-order chi connectivity index (χ0) is 7.28. The van der Waals surface area contributed by atoms with E-state index in [1.807, 2.05) is 19.9 Å². The molecule has 0 saturated carbocycles. The van der Waals surface area contributed by atoms with E-state index in [2.05, 4.69) is 0 Å². The van der Waals surface area contributed by atoms with Crippen molar-refractivity contribution in [2.45, 2.75) is 26.9 Å². The molecule has 0 rings (SSSR count). The van der Waals surface area contributed by atoms with Crippen LogP contribution in [0.5, 0.6) is 0 Å². The fourth-order valence-electron chi connectivity index (χ4n) is 0.264. The number of rotatable bonds is 2. The second kappa shape index (κ2) is 3.96. The Hall–Kier alpha value is -0.970. The topological polar surface area (TPSA) is 33.0 Å². The first-order valence-corrected chi connectivity index (χ1v) is 2.89. The molecule has 0 spiro atoms. The maximum Gasteiger partial charge on any atom is 0.0976 e. The summed E-state index contributed by atoms with van der Waals surface area (Å²) < 4.78 is 5.01. The quantitative estimate of drug-likeness (QED) is 0.416. The van der Waals surface area contributed by atoms with E-state index in [0.717, 1.165) is 0 Å². The Kier molecular flexibility index (Phi) is 3.54. The zero-order valence-electron chi connectivity index (χ0n) is 6.01. The minimum atomic E-state index is 0.160. The molecule has 0 aliphatic heterocycles. The summed E-state index contributed by atoms with van der Waals surface area (Å²) in [4.78, 5) is 0. The predicted molar refractivity (Wildman–Crippen MR) is 35.6 cm³/mol. The molecule has 0 unspecified atom stereocenters. The molecular weight excluding hydrogens is 114 g/mol. The molecule has 50 valence electrons. The molecule has 0 aromatic rings. The van der Waals surface area contributed by atoms with Crippen LogP contribution < -0.4 is 0 Å². The van der Waals surface area contributed by atoms with E-state index in [1.165, 1.54) is 6.26 Å². The summed E-state index contributed by atoms with van der Waals surface area (Å²) >= 11 is 0. The normalized spacial score (nSPS) is 11.2. The molecule has 0 bridgehead atoms. The number of hydrogen-bond acceptors (Lipinski definition) is 2. The fourth-order valence-corrected chi connectivity index (χ4v) is 0.264. The van der Waals surface area contributed by atoms with Gasteiger partial charge in [-0.2, -0.15) is 5.26 Å². The largest absolute Gasteiger partial charge is 0.498 e. The van der Waals surface area contributed by atoms with Crippen LogP contribution in [0.2, 0.25) is 0 Å². The van der Waals surface area contributed by atoms with Crippen LogP contribution in [0.25, 0.3) is 0 Å². The molecule has 0 fully saturated rings. The van der Waals surface area contributed by atoms with Gasteiger partial charge in [0.05, 0.1) is 24.0 Å². The first kappa shape index (κ1) is 8.03. The van der Waals surface area contributed by atoms with Gasteiger partial charge in [0.2, 0.25) is 0 Å². The highest BCUT2D eigenvalue weighted by molar-refractivity contribution is 5.14. The molecule has 0 N–H and O–H groups in total. The van der Waals surface area contributed by atoms with Crippen molar-refractivity contribution in [2.75, 3.05) is 0 Å². The van der Waals surface area contributed by atoms with Gasteiger partial charge in [-0.15, -0.1) is 0 Å². The highest BCUT2D eigenvalue weighted by Gasteiger charge is 1.87. The molecule has 0 atom stereocenters. The van der Waals surface area contributed by atoms with Crippen molar-refractivity contribution in [1.29, 1.82) is 5.26 Å². The smallest absolute Gasteiger partial charge is 0.0976 e. The molecule has 0 aliphatic carbocycles. The van der Waals surface area contributed by atoms with E-state index in [4.69, 9.17) is 10.00 Å². The van der Waals surface area contributed by atoms with Crippen LogP contribution in [-0.2, 0) is 4.74 Å². The Morgan fingerprint density at radius 1 is 1.67 bits per heavy atom. The lowest BCUT2D eigenvalue weighted by atomic mass is 10.4. The average Bonchev–Trinajstić information content (AvgIpc) is 1.83. The third-order valence-corrected chi connectivity index (χ3v) is 0.693. The highest BCUT2D eigenvalue weighted by atomic mass is 16.5. The fraction of sp³-hybridized carbons (Fsp3) is 0.571. The lowest BCUT2D eigenvalue weighted by molar-refractivity contribution is 0.178. The Balaban J connectivity index is 3.60. The van der Waals surface area contributed by atoms with Crippen LogP contribution in [0.4, 0.5) is 0 Å². The van der Waals surface area contributed by atoms with E-state index in [-0.39, 0.29) is 6.10 Å². The lowest BCUT2D eigenvalue weighted by Gasteiger charge is -2.01. The number of hydrogen-bond donors (Lipinski definition) is 0. The SMILES string of the molecule is CC(C#N)=COC(C)C. The molecule has 0 radical (unpaired) electrons. The third-order valence-electron chi connectivity index (χ3n) is 0.693. The highest BCUT2D eigenvalue weighted by Crippen LogP contribution is 1.93. The van der Waals surface area contributed by atoms with Gasteiger partial charge in [-0.25, -0.2) is 0 Å². The number of nitriles is 1. The van der Waals surface area contributed by atoms with Crippen molar-refractivity contribution < 1.29 is 4.74 Å². The minimum Gasteiger partial charge on any atom is -0.498 e. The second-order valence-corrected chi connectivity index (χ2v) is 2.10. The van der Waals surface area contributed by atoms with Gasteiger partial charge in [0.1, 0.15) is 0 Å². The molecule has 0 saturated heterocycles. The summed E-state index contributed by atoms with van der Waals surface area (Å²) in [6.07, 6.45) is 1.64. The van der Waals surface area contributed by atoms with Gasteiger partial charge in [-0.1, -0.05) is 0 Å². The maximum atomic E-state index is 8.25. The molecule has 0 amide bonds. The molecule has 0 aliphatic rings. The number of nitrogens with zero attached hydrogens (tertiary/aromatic N) is 1. The van der Waals surface area contributed by atoms with Gasteiger partial charge in [0.15, 0.2) is 0 Å². The van der Waals surface area contributed by atoms with Gasteiger partial charge in [-0.3, -0.25) is 0 Å². The van der Waals surface area contributed by atoms with Crippen molar-refractivity contribution >= 4 is 0 Å². The Bertz CT molecular complexity index is 141. The van der Waals surface area contributed by atoms with Gasteiger partial charge in [-0.05, 0) is 20.8 Å².